The molecule has 0 saturated heterocycles. The van der Waals surface area contributed by atoms with Crippen LogP contribution in [0.5, 0.6) is 0 Å². The molecule has 0 aliphatic heterocycles. The van der Waals surface area contributed by atoms with Crippen LogP contribution >= 0.6 is 0 Å². The van der Waals surface area contributed by atoms with E-state index < -0.39 is 90.1 Å². The molecule has 0 saturated carbocycles. The number of carboxylic acids is 2. The predicted molar refractivity (Wildman–Crippen MR) is 175 cm³/mol. The highest BCUT2D eigenvalue weighted by Gasteiger charge is 2.35. The minimum Gasteiger partial charge on any atom is -0.481 e. The number of fused-ring (bicyclic) bond motifs is 1. The van der Waals surface area contributed by atoms with Gasteiger partial charge in [-0.25, -0.2) is 0 Å². The lowest BCUT2D eigenvalue weighted by molar-refractivity contribution is -0.143. The zero-order valence-electron chi connectivity index (χ0n) is 28.0. The van der Waals surface area contributed by atoms with Crippen molar-refractivity contribution in [1.29, 1.82) is 0 Å². The number of carbonyl (C=O) groups is 7. The van der Waals surface area contributed by atoms with E-state index in [0.29, 0.717) is 6.42 Å². The number of nitrogens with one attached hydrogen (secondary N) is 6. The lowest BCUT2D eigenvalue weighted by Crippen LogP contribution is -2.60. The third-order valence-corrected chi connectivity index (χ3v) is 8.04. The van der Waals surface area contributed by atoms with Crippen LogP contribution in [0.2, 0.25) is 0 Å². The van der Waals surface area contributed by atoms with E-state index in [1.165, 1.54) is 13.8 Å². The van der Waals surface area contributed by atoms with Crippen LogP contribution < -0.4 is 32.3 Å². The molecule has 16 heteroatoms. The Morgan fingerprint density at radius 1 is 0.750 bits per heavy atom. The van der Waals surface area contributed by atoms with Crippen molar-refractivity contribution in [1.82, 2.24) is 31.6 Å². The molecule has 0 unspecified atom stereocenters. The second-order valence-electron chi connectivity index (χ2n) is 12.2. The Hall–Kier alpha value is -4.99. The molecule has 0 bridgehead atoms. The first-order chi connectivity index (χ1) is 22.5. The molecule has 10 N–H and O–H groups in total. The molecule has 16 nitrogen and oxygen atoms in total. The van der Waals surface area contributed by atoms with Crippen molar-refractivity contribution in [2.24, 2.45) is 17.6 Å². The minimum absolute atomic E-state index is 0.0474. The maximum atomic E-state index is 13.8. The Kier molecular flexibility index (Phi) is 14.5. The summed E-state index contributed by atoms with van der Waals surface area (Å²) in [5, 5.41) is 31.5. The molecule has 1 heterocycles. The highest BCUT2D eigenvalue weighted by molar-refractivity contribution is 5.97. The van der Waals surface area contributed by atoms with Crippen LogP contribution in [0.15, 0.2) is 30.5 Å². The number of carbonyl (C=O) groups excluding carboxylic acids is 5. The highest BCUT2D eigenvalue weighted by Crippen LogP contribution is 2.20. The Morgan fingerprint density at radius 2 is 1.33 bits per heavy atom. The normalized spacial score (nSPS) is 15.6. The molecule has 0 spiro atoms. The zero-order chi connectivity index (χ0) is 36.3. The summed E-state index contributed by atoms with van der Waals surface area (Å²) in [5.41, 5.74) is 7.60. The largest absolute Gasteiger partial charge is 0.481 e. The fourth-order valence-electron chi connectivity index (χ4n) is 4.68. The lowest BCUT2D eigenvalue weighted by atomic mass is 9.96. The Bertz CT molecular complexity index is 1490. The first kappa shape index (κ1) is 39.2. The topological polar surface area (TPSA) is 262 Å². The molecule has 0 fully saturated rings. The summed E-state index contributed by atoms with van der Waals surface area (Å²) in [6, 6.07) is -0.120. The third-order valence-electron chi connectivity index (χ3n) is 8.04. The van der Waals surface area contributed by atoms with E-state index in [2.05, 4.69) is 31.6 Å². The van der Waals surface area contributed by atoms with Crippen molar-refractivity contribution in [3.05, 3.63) is 36.0 Å². The number of carboxylic acid groups (broad SMARTS) is 2. The van der Waals surface area contributed by atoms with E-state index >= 15 is 0 Å². The smallest absolute Gasteiger partial charge is 0.325 e. The van der Waals surface area contributed by atoms with Crippen LogP contribution in [-0.4, -0.2) is 92.9 Å². The van der Waals surface area contributed by atoms with Gasteiger partial charge in [0.05, 0.1) is 12.5 Å². The molecular formula is C32H47N7O9. The van der Waals surface area contributed by atoms with Crippen molar-refractivity contribution in [3.63, 3.8) is 0 Å². The van der Waals surface area contributed by atoms with Gasteiger partial charge in [-0.05, 0) is 37.3 Å². The average Bonchev–Trinajstić information content (AvgIpc) is 3.43. The molecule has 1 aromatic carbocycles. The van der Waals surface area contributed by atoms with Crippen molar-refractivity contribution in [3.8, 4) is 0 Å². The van der Waals surface area contributed by atoms with E-state index in [4.69, 9.17) is 10.8 Å². The van der Waals surface area contributed by atoms with Crippen LogP contribution in [0.25, 0.3) is 10.9 Å². The number of benzene rings is 1. The molecule has 0 radical (unpaired) electrons. The summed E-state index contributed by atoms with van der Waals surface area (Å²) < 4.78 is 0. The number of nitrogens with two attached hydrogens (primary N) is 1. The van der Waals surface area contributed by atoms with Crippen LogP contribution in [-0.2, 0) is 40.0 Å². The molecule has 0 aliphatic carbocycles. The zero-order valence-corrected chi connectivity index (χ0v) is 28.0. The lowest BCUT2D eigenvalue weighted by Gasteiger charge is -2.29. The molecule has 2 rings (SSSR count). The Labute approximate surface area is 278 Å². The van der Waals surface area contributed by atoms with Gasteiger partial charge < -0.3 is 47.5 Å². The van der Waals surface area contributed by atoms with Crippen LogP contribution in [0.1, 0.15) is 59.9 Å². The molecule has 264 valence electrons. The fraction of sp³-hybridized carbons (Fsp3) is 0.531. The first-order valence-corrected chi connectivity index (χ1v) is 15.7. The molecule has 5 amide bonds. The maximum Gasteiger partial charge on any atom is 0.325 e. The second-order valence-corrected chi connectivity index (χ2v) is 12.2. The van der Waals surface area contributed by atoms with Crippen LogP contribution in [0.3, 0.4) is 0 Å². The third kappa shape index (κ3) is 11.1. The number of aromatic nitrogens is 1. The van der Waals surface area contributed by atoms with Gasteiger partial charge in [0.1, 0.15) is 30.2 Å². The standard InChI is InChI=1S/C32H47N7O9/c1-7-16(4)26(31(46)38-23(13-24(40)41)28(43)35-17(5)27(42)36-18(6)32(47)48)39-29(44)22(37-30(45)25(33)15(2)3)12-19-14-34-21-11-9-8-10-20(19)21/h8-11,14-18,22-23,25-26,34H,7,12-13,33H2,1-6H3,(H,35,43)(H,36,42)(H,37,45)(H,38,46)(H,39,44)(H,40,41)(H,47,48)/t16-,17-,18-,22-,23-,25-,26-/m0/s1. The molecule has 0 aliphatic rings. The van der Waals surface area contributed by atoms with E-state index in [1.807, 2.05) is 24.3 Å². The maximum absolute atomic E-state index is 13.8. The van der Waals surface area contributed by atoms with Gasteiger partial charge in [0.15, 0.2) is 0 Å². The first-order valence-electron chi connectivity index (χ1n) is 15.7. The fourth-order valence-corrected chi connectivity index (χ4v) is 4.68. The number of aliphatic carboxylic acids is 2. The summed E-state index contributed by atoms with van der Waals surface area (Å²) in [5.74, 6) is -7.47. The van der Waals surface area contributed by atoms with Gasteiger partial charge in [-0.2, -0.15) is 0 Å². The monoisotopic (exact) mass is 673 g/mol. The van der Waals surface area contributed by atoms with E-state index in [9.17, 15) is 38.7 Å². The van der Waals surface area contributed by atoms with Crippen molar-refractivity contribution in [2.75, 3.05) is 0 Å². The minimum atomic E-state index is -1.66. The van der Waals surface area contributed by atoms with Gasteiger partial charge in [-0.3, -0.25) is 33.6 Å². The van der Waals surface area contributed by atoms with Gasteiger partial charge in [0, 0.05) is 23.5 Å². The van der Waals surface area contributed by atoms with Gasteiger partial charge in [-0.15, -0.1) is 0 Å². The van der Waals surface area contributed by atoms with Crippen molar-refractivity contribution < 1.29 is 43.8 Å². The SMILES string of the molecule is CC[C@H](C)[C@H](NC(=O)[C@H](Cc1c[nH]c2ccccc12)NC(=O)[C@@H](N)C(C)C)C(=O)N[C@@H](CC(=O)O)C(=O)N[C@@H](C)C(=O)N[C@@H](C)C(=O)O. The number of hydrogen-bond acceptors (Lipinski definition) is 8. The number of amides is 5. The van der Waals surface area contributed by atoms with E-state index in [1.54, 1.807) is 33.9 Å². The van der Waals surface area contributed by atoms with E-state index in [-0.39, 0.29) is 12.3 Å². The van der Waals surface area contributed by atoms with Crippen molar-refractivity contribution >= 4 is 52.4 Å². The molecule has 7 atom stereocenters. The second kappa shape index (κ2) is 17.8. The molecule has 1 aromatic heterocycles. The van der Waals surface area contributed by atoms with Gasteiger partial charge in [-0.1, -0.05) is 52.3 Å². The highest BCUT2D eigenvalue weighted by atomic mass is 16.4. The summed E-state index contributed by atoms with van der Waals surface area (Å²) in [4.78, 5) is 91.6. The van der Waals surface area contributed by atoms with Gasteiger partial charge in [0.2, 0.25) is 29.5 Å². The van der Waals surface area contributed by atoms with Crippen LogP contribution in [0.4, 0.5) is 0 Å². The van der Waals surface area contributed by atoms with Gasteiger partial charge in [0.25, 0.3) is 0 Å². The summed E-state index contributed by atoms with van der Waals surface area (Å²) in [6.45, 7) is 9.45. The predicted octanol–water partition coefficient (Wildman–Crippen LogP) is -0.237. The number of para-hydroxylation sites is 1. The van der Waals surface area contributed by atoms with E-state index in [0.717, 1.165) is 16.5 Å². The van der Waals surface area contributed by atoms with Gasteiger partial charge >= 0.3 is 11.9 Å². The van der Waals surface area contributed by atoms with Crippen molar-refractivity contribution in [2.45, 2.75) is 97.1 Å². The Morgan fingerprint density at radius 3 is 1.92 bits per heavy atom. The van der Waals surface area contributed by atoms with Crippen LogP contribution in [0, 0.1) is 11.8 Å². The summed E-state index contributed by atoms with van der Waals surface area (Å²) in [7, 11) is 0. The number of aromatic amines is 1. The number of rotatable bonds is 18. The number of H-pyrrole nitrogens is 1. The Balaban J connectivity index is 2.31. The number of hydrogen-bond donors (Lipinski definition) is 9. The molecule has 48 heavy (non-hydrogen) atoms. The quantitative estimate of drug-likeness (QED) is 0.100. The summed E-state index contributed by atoms with van der Waals surface area (Å²) >= 11 is 0. The molecule has 2 aromatic rings. The average molecular weight is 674 g/mol. The molecular weight excluding hydrogens is 626 g/mol. The summed E-state index contributed by atoms with van der Waals surface area (Å²) in [6.07, 6.45) is 1.30.